The second-order valence-corrected chi connectivity index (χ2v) is 4.00. The first-order valence-corrected chi connectivity index (χ1v) is 5.87. The minimum Gasteiger partial charge on any atom is -0.354 e. The molecule has 0 fully saturated rings. The number of nitrogens with zero attached hydrogens (tertiary/aromatic N) is 2. The molecule has 5 nitrogen and oxygen atoms in total. The Kier molecular flexibility index (Phi) is 3.91. The van der Waals surface area contributed by atoms with Crippen molar-refractivity contribution in [1.29, 1.82) is 0 Å². The van der Waals surface area contributed by atoms with Gasteiger partial charge in [0.15, 0.2) is 5.69 Å². The summed E-state index contributed by atoms with van der Waals surface area (Å²) in [6, 6.07) is 6.38. The zero-order valence-corrected chi connectivity index (χ0v) is 10.8. The van der Waals surface area contributed by atoms with E-state index >= 15 is 0 Å². The first-order chi connectivity index (χ1) is 9.17. The summed E-state index contributed by atoms with van der Waals surface area (Å²) in [7, 11) is 3.31. The molecule has 1 amide bonds. The topological polar surface area (TPSA) is 59.0 Å². The molecule has 2 rings (SSSR count). The van der Waals surface area contributed by atoms with Gasteiger partial charge < -0.3 is 10.6 Å². The van der Waals surface area contributed by atoms with E-state index in [1.807, 2.05) is 6.07 Å². The molecule has 2 aromatic rings. The van der Waals surface area contributed by atoms with Gasteiger partial charge in [-0.3, -0.25) is 4.79 Å². The highest BCUT2D eigenvalue weighted by Gasteiger charge is 2.13. The predicted molar refractivity (Wildman–Crippen MR) is 69.7 cm³/mol. The van der Waals surface area contributed by atoms with Gasteiger partial charge in [0, 0.05) is 19.8 Å². The van der Waals surface area contributed by atoms with Gasteiger partial charge in [-0.05, 0) is 24.7 Å². The number of carbonyl (C=O) groups is 1. The van der Waals surface area contributed by atoms with Crippen molar-refractivity contribution in [3.05, 3.63) is 47.5 Å². The van der Waals surface area contributed by atoms with Crippen LogP contribution in [0.1, 0.15) is 16.1 Å². The highest BCUT2D eigenvalue weighted by molar-refractivity contribution is 5.91. The summed E-state index contributed by atoms with van der Waals surface area (Å²) in [5.74, 6) is -0.676. The Morgan fingerprint density at radius 2 is 2.16 bits per heavy atom. The van der Waals surface area contributed by atoms with Crippen LogP contribution in [0.15, 0.2) is 30.5 Å². The summed E-state index contributed by atoms with van der Waals surface area (Å²) in [6.45, 7) is 0.516. The van der Waals surface area contributed by atoms with E-state index in [1.54, 1.807) is 25.4 Å². The summed E-state index contributed by atoms with van der Waals surface area (Å²) >= 11 is 0. The van der Waals surface area contributed by atoms with Crippen LogP contribution in [0.5, 0.6) is 0 Å². The van der Waals surface area contributed by atoms with Gasteiger partial charge in [-0.2, -0.15) is 5.10 Å². The highest BCUT2D eigenvalue weighted by Crippen LogP contribution is 2.18. The van der Waals surface area contributed by atoms with Crippen LogP contribution in [0.25, 0.3) is 5.69 Å². The van der Waals surface area contributed by atoms with Gasteiger partial charge in [0.25, 0.3) is 5.91 Å². The zero-order chi connectivity index (χ0) is 13.8. The van der Waals surface area contributed by atoms with Crippen LogP contribution < -0.4 is 10.6 Å². The molecule has 0 aliphatic rings. The van der Waals surface area contributed by atoms with Gasteiger partial charge in [0.1, 0.15) is 11.5 Å². The van der Waals surface area contributed by atoms with Crippen molar-refractivity contribution < 1.29 is 9.18 Å². The van der Waals surface area contributed by atoms with E-state index in [1.165, 1.54) is 17.8 Å². The Morgan fingerprint density at radius 1 is 1.37 bits per heavy atom. The first kappa shape index (κ1) is 13.2. The molecule has 0 aliphatic heterocycles. The molecule has 0 radical (unpaired) electrons. The quantitative estimate of drug-likeness (QED) is 0.867. The highest BCUT2D eigenvalue weighted by atomic mass is 19.1. The fraction of sp³-hybridized carbons (Fsp3) is 0.231. The summed E-state index contributed by atoms with van der Waals surface area (Å²) in [4.78, 5) is 11.5. The van der Waals surface area contributed by atoms with Gasteiger partial charge >= 0.3 is 0 Å². The van der Waals surface area contributed by atoms with Crippen LogP contribution in [-0.4, -0.2) is 29.8 Å². The van der Waals surface area contributed by atoms with E-state index in [4.69, 9.17) is 0 Å². The number of hydrogen-bond donors (Lipinski definition) is 2. The number of para-hydroxylation sites is 1. The fourth-order valence-corrected chi connectivity index (χ4v) is 1.85. The number of benzene rings is 1. The summed E-state index contributed by atoms with van der Waals surface area (Å²) < 4.78 is 15.3. The van der Waals surface area contributed by atoms with Crippen molar-refractivity contribution in [3.8, 4) is 5.69 Å². The first-order valence-electron chi connectivity index (χ1n) is 5.87. The average Bonchev–Trinajstić information content (AvgIpc) is 2.87. The molecule has 0 atom stereocenters. The SMILES string of the molecule is CNCc1cccc(F)c1-n1ccc(C(=O)NC)n1. The van der Waals surface area contributed by atoms with Crippen LogP contribution in [0.3, 0.4) is 0 Å². The Balaban J connectivity index is 2.46. The minimum atomic E-state index is -0.376. The lowest BCUT2D eigenvalue weighted by molar-refractivity contribution is 0.0957. The van der Waals surface area contributed by atoms with Crippen molar-refractivity contribution in [3.63, 3.8) is 0 Å². The normalized spacial score (nSPS) is 10.5. The molecule has 6 heteroatoms. The number of rotatable bonds is 4. The lowest BCUT2D eigenvalue weighted by Crippen LogP contribution is -2.19. The van der Waals surface area contributed by atoms with E-state index in [0.717, 1.165) is 5.56 Å². The zero-order valence-electron chi connectivity index (χ0n) is 10.8. The third-order valence-corrected chi connectivity index (χ3v) is 2.72. The molecule has 0 spiro atoms. The number of aromatic nitrogens is 2. The van der Waals surface area contributed by atoms with Crippen molar-refractivity contribution >= 4 is 5.91 Å². The molecule has 1 aromatic heterocycles. The molecule has 1 aromatic carbocycles. The lowest BCUT2D eigenvalue weighted by atomic mass is 10.1. The summed E-state index contributed by atoms with van der Waals surface area (Å²) in [5, 5.41) is 9.55. The number of hydrogen-bond acceptors (Lipinski definition) is 3. The largest absolute Gasteiger partial charge is 0.354 e. The van der Waals surface area contributed by atoms with Crippen LogP contribution >= 0.6 is 0 Å². The molecule has 19 heavy (non-hydrogen) atoms. The monoisotopic (exact) mass is 262 g/mol. The van der Waals surface area contributed by atoms with Crippen molar-refractivity contribution in [2.24, 2.45) is 0 Å². The Bertz CT molecular complexity index is 594. The van der Waals surface area contributed by atoms with Crippen molar-refractivity contribution in [2.45, 2.75) is 6.54 Å². The maximum atomic E-state index is 14.0. The third-order valence-electron chi connectivity index (χ3n) is 2.72. The number of amides is 1. The number of nitrogens with one attached hydrogen (secondary N) is 2. The molecule has 100 valence electrons. The molecule has 1 heterocycles. The molecule has 0 saturated carbocycles. The molecular weight excluding hydrogens is 247 g/mol. The van der Waals surface area contributed by atoms with Crippen LogP contribution in [0, 0.1) is 5.82 Å². The maximum absolute atomic E-state index is 14.0. The average molecular weight is 262 g/mol. The minimum absolute atomic E-state index is 0.251. The lowest BCUT2D eigenvalue weighted by Gasteiger charge is -2.10. The van der Waals surface area contributed by atoms with Crippen LogP contribution in [-0.2, 0) is 6.54 Å². The van der Waals surface area contributed by atoms with Gasteiger partial charge in [0.2, 0.25) is 0 Å². The predicted octanol–water partition coefficient (Wildman–Crippen LogP) is 1.09. The van der Waals surface area contributed by atoms with E-state index in [2.05, 4.69) is 15.7 Å². The van der Waals surface area contributed by atoms with E-state index in [-0.39, 0.29) is 17.4 Å². The Hall–Kier alpha value is -2.21. The third kappa shape index (κ3) is 2.63. The standard InChI is InChI=1S/C13H15FN4O/c1-15-8-9-4-3-5-10(14)12(9)18-7-6-11(17-18)13(19)16-2/h3-7,15H,8H2,1-2H3,(H,16,19). The summed E-state index contributed by atoms with van der Waals surface area (Å²) in [6.07, 6.45) is 1.57. The Morgan fingerprint density at radius 3 is 2.84 bits per heavy atom. The van der Waals surface area contributed by atoms with Gasteiger partial charge in [0.05, 0.1) is 0 Å². The second kappa shape index (κ2) is 5.62. The van der Waals surface area contributed by atoms with E-state index in [0.29, 0.717) is 12.2 Å². The van der Waals surface area contributed by atoms with Crippen molar-refractivity contribution in [2.75, 3.05) is 14.1 Å². The molecule has 0 saturated heterocycles. The van der Waals surface area contributed by atoms with E-state index < -0.39 is 0 Å². The number of halogens is 1. The van der Waals surface area contributed by atoms with Gasteiger partial charge in [-0.25, -0.2) is 9.07 Å². The molecule has 0 aliphatic carbocycles. The number of carbonyl (C=O) groups excluding carboxylic acids is 1. The molecule has 2 N–H and O–H groups in total. The fourth-order valence-electron chi connectivity index (χ4n) is 1.85. The maximum Gasteiger partial charge on any atom is 0.271 e. The molecule has 0 bridgehead atoms. The molecular formula is C13H15FN4O. The summed E-state index contributed by atoms with van der Waals surface area (Å²) in [5.41, 5.74) is 1.38. The van der Waals surface area contributed by atoms with Gasteiger partial charge in [-0.1, -0.05) is 12.1 Å². The van der Waals surface area contributed by atoms with Gasteiger partial charge in [-0.15, -0.1) is 0 Å². The molecule has 0 unspecified atom stereocenters. The van der Waals surface area contributed by atoms with Crippen molar-refractivity contribution in [1.82, 2.24) is 20.4 Å². The Labute approximate surface area is 110 Å². The smallest absolute Gasteiger partial charge is 0.271 e. The van der Waals surface area contributed by atoms with Crippen LogP contribution in [0.4, 0.5) is 4.39 Å². The van der Waals surface area contributed by atoms with E-state index in [9.17, 15) is 9.18 Å². The second-order valence-electron chi connectivity index (χ2n) is 4.00. The van der Waals surface area contributed by atoms with Crippen LogP contribution in [0.2, 0.25) is 0 Å².